The van der Waals surface area contributed by atoms with Gasteiger partial charge in [-0.15, -0.1) is 0 Å². The van der Waals surface area contributed by atoms with Gasteiger partial charge in [-0.2, -0.15) is 4.72 Å². The average molecular weight is 297 g/mol. The second-order valence-corrected chi connectivity index (χ2v) is 6.36. The Morgan fingerprint density at radius 2 is 2.05 bits per heavy atom. The lowest BCUT2D eigenvalue weighted by molar-refractivity contribution is -0.134. The van der Waals surface area contributed by atoms with E-state index >= 15 is 0 Å². The van der Waals surface area contributed by atoms with Crippen LogP contribution in [0.25, 0.3) is 0 Å². The molecule has 0 spiro atoms. The first-order chi connectivity index (χ1) is 9.29. The van der Waals surface area contributed by atoms with Crippen molar-refractivity contribution in [2.45, 2.75) is 30.7 Å². The van der Waals surface area contributed by atoms with Crippen LogP contribution in [0.3, 0.4) is 0 Å². The van der Waals surface area contributed by atoms with E-state index in [-0.39, 0.29) is 17.7 Å². The lowest BCUT2D eigenvalue weighted by atomic mass is 10.1. The van der Waals surface area contributed by atoms with E-state index in [1.165, 1.54) is 12.1 Å². The van der Waals surface area contributed by atoms with Crippen molar-refractivity contribution in [2.75, 3.05) is 5.73 Å². The highest BCUT2D eigenvalue weighted by Crippen LogP contribution is 2.18. The molecule has 1 unspecified atom stereocenters. The lowest BCUT2D eigenvalue weighted by Crippen LogP contribution is -2.52. The Balaban J connectivity index is 2.21. The van der Waals surface area contributed by atoms with Crippen LogP contribution in [0, 0.1) is 6.92 Å². The molecule has 108 valence electrons. The number of carbonyl (C=O) groups excluding carboxylic acids is 2. The zero-order valence-electron chi connectivity index (χ0n) is 10.8. The number of benzene rings is 1. The van der Waals surface area contributed by atoms with Crippen molar-refractivity contribution < 1.29 is 18.0 Å². The van der Waals surface area contributed by atoms with E-state index in [9.17, 15) is 18.0 Å². The Morgan fingerprint density at radius 1 is 1.35 bits per heavy atom. The Morgan fingerprint density at radius 3 is 2.65 bits per heavy atom. The van der Waals surface area contributed by atoms with Crippen molar-refractivity contribution in [3.63, 3.8) is 0 Å². The zero-order chi connectivity index (χ0) is 14.9. The summed E-state index contributed by atoms with van der Waals surface area (Å²) in [6.45, 7) is 1.76. The van der Waals surface area contributed by atoms with E-state index < -0.39 is 27.9 Å². The number of rotatable bonds is 3. The van der Waals surface area contributed by atoms with Gasteiger partial charge in [0.2, 0.25) is 21.8 Å². The molecular formula is C12H15N3O4S. The fourth-order valence-electron chi connectivity index (χ4n) is 1.85. The number of carbonyl (C=O) groups is 2. The second kappa shape index (κ2) is 5.22. The largest absolute Gasteiger partial charge is 0.398 e. The third-order valence-corrected chi connectivity index (χ3v) is 4.57. The molecule has 0 aromatic heterocycles. The van der Waals surface area contributed by atoms with Gasteiger partial charge in [-0.3, -0.25) is 14.9 Å². The Kier molecular flexibility index (Phi) is 3.78. The molecule has 1 fully saturated rings. The molecule has 7 nitrogen and oxygen atoms in total. The summed E-state index contributed by atoms with van der Waals surface area (Å²) in [6.07, 6.45) is 0.250. The van der Waals surface area contributed by atoms with Crippen LogP contribution in [0.1, 0.15) is 18.4 Å². The highest BCUT2D eigenvalue weighted by molar-refractivity contribution is 7.89. The van der Waals surface area contributed by atoms with Gasteiger partial charge < -0.3 is 5.73 Å². The van der Waals surface area contributed by atoms with Gasteiger partial charge in [0.1, 0.15) is 6.04 Å². The summed E-state index contributed by atoms with van der Waals surface area (Å²) in [4.78, 5) is 22.6. The van der Waals surface area contributed by atoms with Crippen LogP contribution in [-0.2, 0) is 19.6 Å². The van der Waals surface area contributed by atoms with Crippen molar-refractivity contribution >= 4 is 27.5 Å². The van der Waals surface area contributed by atoms with Crippen molar-refractivity contribution in [3.8, 4) is 0 Å². The minimum absolute atomic E-state index is 0.00898. The monoisotopic (exact) mass is 297 g/mol. The first-order valence-corrected chi connectivity index (χ1v) is 7.50. The molecule has 20 heavy (non-hydrogen) atoms. The minimum Gasteiger partial charge on any atom is -0.398 e. The SMILES string of the molecule is Cc1ccc(S(=O)(=O)NC2CCC(=O)NC2=O)cc1N. The molecule has 1 aliphatic heterocycles. The first kappa shape index (κ1) is 14.5. The van der Waals surface area contributed by atoms with E-state index in [0.717, 1.165) is 5.56 Å². The molecule has 0 saturated carbocycles. The quantitative estimate of drug-likeness (QED) is 0.521. The summed E-state index contributed by atoms with van der Waals surface area (Å²) in [7, 11) is -3.85. The third-order valence-electron chi connectivity index (χ3n) is 3.10. The highest BCUT2D eigenvalue weighted by Gasteiger charge is 2.30. The molecule has 1 aromatic rings. The molecule has 2 rings (SSSR count). The predicted molar refractivity (Wildman–Crippen MR) is 72.1 cm³/mol. The summed E-state index contributed by atoms with van der Waals surface area (Å²) in [5, 5.41) is 2.09. The Hall–Kier alpha value is -1.93. The van der Waals surface area contributed by atoms with Crippen LogP contribution < -0.4 is 15.8 Å². The van der Waals surface area contributed by atoms with Gasteiger partial charge in [0.05, 0.1) is 4.90 Å². The van der Waals surface area contributed by atoms with Gasteiger partial charge in [0, 0.05) is 12.1 Å². The normalized spacial score (nSPS) is 19.8. The number of nitrogen functional groups attached to an aromatic ring is 1. The number of sulfonamides is 1. The number of aryl methyl sites for hydroxylation is 1. The number of nitrogens with two attached hydrogens (primary N) is 1. The third kappa shape index (κ3) is 2.97. The van der Waals surface area contributed by atoms with Gasteiger partial charge in [-0.1, -0.05) is 6.07 Å². The molecule has 1 aromatic carbocycles. The first-order valence-electron chi connectivity index (χ1n) is 6.02. The molecule has 0 aliphatic carbocycles. The number of anilines is 1. The fourth-order valence-corrected chi connectivity index (χ4v) is 3.11. The van der Waals surface area contributed by atoms with E-state index in [4.69, 9.17) is 5.73 Å². The molecule has 8 heteroatoms. The maximum Gasteiger partial charge on any atom is 0.244 e. The second-order valence-electron chi connectivity index (χ2n) is 4.64. The summed E-state index contributed by atoms with van der Waals surface area (Å²) >= 11 is 0. The summed E-state index contributed by atoms with van der Waals surface area (Å²) in [5.74, 6) is -1.03. The average Bonchev–Trinajstić information content (AvgIpc) is 2.36. The molecule has 0 bridgehead atoms. The zero-order valence-corrected chi connectivity index (χ0v) is 11.7. The Bertz CT molecular complexity index is 669. The smallest absolute Gasteiger partial charge is 0.244 e. The standard InChI is InChI=1S/C12H15N3O4S/c1-7-2-3-8(6-9(7)13)20(18,19)15-10-4-5-11(16)14-12(10)17/h2-3,6,10,15H,4-5,13H2,1H3,(H,14,16,17). The van der Waals surface area contributed by atoms with Crippen LogP contribution in [0.15, 0.2) is 23.1 Å². The van der Waals surface area contributed by atoms with Gasteiger partial charge in [0.25, 0.3) is 0 Å². The summed E-state index contributed by atoms with van der Waals surface area (Å²) in [6, 6.07) is 3.40. The van der Waals surface area contributed by atoms with Crippen LogP contribution in [0.5, 0.6) is 0 Å². The van der Waals surface area contributed by atoms with Crippen LogP contribution >= 0.6 is 0 Å². The van der Waals surface area contributed by atoms with Gasteiger partial charge in [0.15, 0.2) is 0 Å². The van der Waals surface area contributed by atoms with E-state index in [2.05, 4.69) is 10.0 Å². The van der Waals surface area contributed by atoms with Crippen molar-refractivity contribution in [3.05, 3.63) is 23.8 Å². The topological polar surface area (TPSA) is 118 Å². The van der Waals surface area contributed by atoms with Gasteiger partial charge in [-0.05, 0) is 31.0 Å². The molecule has 1 saturated heterocycles. The number of hydrogen-bond acceptors (Lipinski definition) is 5. The molecular weight excluding hydrogens is 282 g/mol. The van der Waals surface area contributed by atoms with Crippen molar-refractivity contribution in [2.24, 2.45) is 0 Å². The molecule has 1 heterocycles. The Labute approximate surface area is 116 Å². The minimum atomic E-state index is -3.85. The maximum atomic E-state index is 12.2. The van der Waals surface area contributed by atoms with E-state index in [1.54, 1.807) is 13.0 Å². The van der Waals surface area contributed by atoms with E-state index in [0.29, 0.717) is 5.69 Å². The predicted octanol–water partition coefficient (Wildman–Crippen LogP) is -0.339. The van der Waals surface area contributed by atoms with Gasteiger partial charge in [-0.25, -0.2) is 8.42 Å². The van der Waals surface area contributed by atoms with Crippen molar-refractivity contribution in [1.82, 2.24) is 10.0 Å². The highest BCUT2D eigenvalue weighted by atomic mass is 32.2. The van der Waals surface area contributed by atoms with Crippen LogP contribution in [0.2, 0.25) is 0 Å². The van der Waals surface area contributed by atoms with E-state index in [1.807, 2.05) is 0 Å². The molecule has 2 amide bonds. The lowest BCUT2D eigenvalue weighted by Gasteiger charge is -2.21. The number of piperidine rings is 1. The van der Waals surface area contributed by atoms with Gasteiger partial charge >= 0.3 is 0 Å². The number of nitrogens with one attached hydrogen (secondary N) is 2. The molecule has 0 radical (unpaired) electrons. The van der Waals surface area contributed by atoms with Crippen LogP contribution in [-0.4, -0.2) is 26.3 Å². The maximum absolute atomic E-state index is 12.2. The fraction of sp³-hybridized carbons (Fsp3) is 0.333. The summed E-state index contributed by atoms with van der Waals surface area (Å²) in [5.41, 5.74) is 6.81. The summed E-state index contributed by atoms with van der Waals surface area (Å²) < 4.78 is 26.6. The molecule has 4 N–H and O–H groups in total. The van der Waals surface area contributed by atoms with Crippen LogP contribution in [0.4, 0.5) is 5.69 Å². The number of amides is 2. The van der Waals surface area contributed by atoms with Crippen molar-refractivity contribution in [1.29, 1.82) is 0 Å². The number of imide groups is 1. The molecule has 1 aliphatic rings. The molecule has 1 atom stereocenters. The number of hydrogen-bond donors (Lipinski definition) is 3.